The predicted molar refractivity (Wildman–Crippen MR) is 119 cm³/mol. The van der Waals surface area contributed by atoms with Gasteiger partial charge >= 0.3 is 18.1 Å². The summed E-state index contributed by atoms with van der Waals surface area (Å²) in [6.07, 6.45) is 3.47. The fourth-order valence-electron chi connectivity index (χ4n) is 4.04. The van der Waals surface area contributed by atoms with Gasteiger partial charge in [0, 0.05) is 10.5 Å². The highest BCUT2D eigenvalue weighted by Crippen LogP contribution is 2.41. The first-order valence-corrected chi connectivity index (χ1v) is 10.7. The van der Waals surface area contributed by atoms with Crippen LogP contribution in [0.5, 0.6) is 0 Å². The zero-order valence-electron chi connectivity index (χ0n) is 19.2. The van der Waals surface area contributed by atoms with Crippen LogP contribution in [-0.2, 0) is 28.5 Å². The molecule has 0 bridgehead atoms. The summed E-state index contributed by atoms with van der Waals surface area (Å²) in [6.45, 7) is 13.0. The average Bonchev–Trinajstić information content (AvgIpc) is 2.77. The van der Waals surface area contributed by atoms with E-state index in [1.54, 1.807) is 6.92 Å². The minimum atomic E-state index is -0.977. The highest BCUT2D eigenvalue weighted by Gasteiger charge is 2.34. The maximum atomic E-state index is 12.1. The number of esters is 2. The van der Waals surface area contributed by atoms with E-state index in [0.717, 1.165) is 36.8 Å². The SMILES string of the molecule is C=C(/C=C1/O[C@@H](C)C(C2CCC(OC(=O)OCC)CC2)=C(C)C1=C)C(=O)OC(=O)CN=[N+]=[N-]. The first-order valence-electron chi connectivity index (χ1n) is 10.7. The number of nitrogens with zero attached hydrogens (tertiary/aromatic N) is 3. The predicted octanol–water partition coefficient (Wildman–Crippen LogP) is 4.83. The number of allylic oxidation sites excluding steroid dienone is 1. The molecule has 0 aromatic heterocycles. The molecule has 1 saturated carbocycles. The Morgan fingerprint density at radius 3 is 2.55 bits per heavy atom. The van der Waals surface area contributed by atoms with Crippen molar-refractivity contribution in [1.29, 1.82) is 0 Å². The number of ether oxygens (including phenoxy) is 4. The van der Waals surface area contributed by atoms with Crippen LogP contribution in [0.2, 0.25) is 0 Å². The third kappa shape index (κ3) is 6.98. The maximum Gasteiger partial charge on any atom is 0.508 e. The molecule has 2 rings (SSSR count). The Bertz CT molecular complexity index is 936. The lowest BCUT2D eigenvalue weighted by atomic mass is 9.77. The minimum absolute atomic E-state index is 0.0968. The quantitative estimate of drug-likeness (QED) is 0.133. The zero-order valence-corrected chi connectivity index (χ0v) is 19.2. The van der Waals surface area contributed by atoms with Crippen LogP contribution < -0.4 is 0 Å². The molecular weight excluding hydrogens is 430 g/mol. The summed E-state index contributed by atoms with van der Waals surface area (Å²) >= 11 is 0. The topological polar surface area (TPSA) is 137 Å². The Morgan fingerprint density at radius 2 is 1.94 bits per heavy atom. The molecule has 10 heteroatoms. The lowest BCUT2D eigenvalue weighted by Gasteiger charge is -2.37. The number of hydrogen-bond acceptors (Lipinski definition) is 8. The molecule has 0 spiro atoms. The van der Waals surface area contributed by atoms with Crippen molar-refractivity contribution in [3.8, 4) is 0 Å². The second kappa shape index (κ2) is 11.9. The van der Waals surface area contributed by atoms with Crippen molar-refractivity contribution >= 4 is 18.1 Å². The molecule has 2 aliphatic rings. The van der Waals surface area contributed by atoms with E-state index in [4.69, 9.17) is 19.7 Å². The molecule has 1 atom stereocenters. The van der Waals surface area contributed by atoms with E-state index in [9.17, 15) is 14.4 Å². The number of azide groups is 1. The fraction of sp³-hybridized carbons (Fsp3) is 0.522. The number of carbonyl (C=O) groups is 3. The van der Waals surface area contributed by atoms with Crippen molar-refractivity contribution in [3.05, 3.63) is 57.7 Å². The monoisotopic (exact) mass is 459 g/mol. The molecule has 0 amide bonds. The smallest absolute Gasteiger partial charge is 0.486 e. The Balaban J connectivity index is 2.04. The van der Waals surface area contributed by atoms with Gasteiger partial charge in [0.25, 0.3) is 0 Å². The summed E-state index contributed by atoms with van der Waals surface area (Å²) in [6, 6.07) is 0. The second-order valence-electron chi connectivity index (χ2n) is 7.78. The molecular formula is C23H29N3O7. The van der Waals surface area contributed by atoms with Gasteiger partial charge in [-0.2, -0.15) is 0 Å². The molecule has 1 fully saturated rings. The number of carbonyl (C=O) groups excluding carboxylic acids is 3. The van der Waals surface area contributed by atoms with Crippen LogP contribution in [0, 0.1) is 5.92 Å². The van der Waals surface area contributed by atoms with E-state index in [-0.39, 0.29) is 30.3 Å². The van der Waals surface area contributed by atoms with Crippen molar-refractivity contribution in [1.82, 2.24) is 0 Å². The molecule has 0 aromatic carbocycles. The molecule has 1 aliphatic heterocycles. The second-order valence-corrected chi connectivity index (χ2v) is 7.78. The summed E-state index contributed by atoms with van der Waals surface area (Å²) in [5.41, 5.74) is 10.8. The number of hydrogen-bond donors (Lipinski definition) is 0. The van der Waals surface area contributed by atoms with Gasteiger partial charge in [0.15, 0.2) is 0 Å². The minimum Gasteiger partial charge on any atom is -0.486 e. The first kappa shape index (κ1) is 25.7. The Morgan fingerprint density at radius 1 is 1.27 bits per heavy atom. The van der Waals surface area contributed by atoms with Crippen molar-refractivity contribution in [2.45, 2.75) is 58.7 Å². The highest BCUT2D eigenvalue weighted by atomic mass is 16.7. The molecule has 0 saturated heterocycles. The summed E-state index contributed by atoms with van der Waals surface area (Å²) in [5, 5.41) is 3.04. The van der Waals surface area contributed by atoms with Crippen LogP contribution in [0.3, 0.4) is 0 Å². The van der Waals surface area contributed by atoms with Crippen LogP contribution in [0.4, 0.5) is 4.79 Å². The van der Waals surface area contributed by atoms with Crippen LogP contribution in [-0.4, -0.2) is 43.5 Å². The third-order valence-electron chi connectivity index (χ3n) is 5.60. The molecule has 1 aliphatic carbocycles. The molecule has 0 aromatic rings. The van der Waals surface area contributed by atoms with Crippen molar-refractivity contribution in [2.75, 3.05) is 13.2 Å². The molecule has 0 N–H and O–H groups in total. The Kier molecular flexibility index (Phi) is 9.30. The van der Waals surface area contributed by atoms with E-state index in [1.165, 1.54) is 6.08 Å². The van der Waals surface area contributed by atoms with Gasteiger partial charge in [-0.1, -0.05) is 18.3 Å². The lowest BCUT2D eigenvalue weighted by Crippen LogP contribution is -2.31. The van der Waals surface area contributed by atoms with E-state index < -0.39 is 24.6 Å². The van der Waals surface area contributed by atoms with E-state index in [2.05, 4.69) is 27.9 Å². The number of rotatable bonds is 7. The van der Waals surface area contributed by atoms with Gasteiger partial charge in [-0.25, -0.2) is 9.59 Å². The van der Waals surface area contributed by atoms with Gasteiger partial charge in [-0.15, -0.1) is 0 Å². The molecule has 0 unspecified atom stereocenters. The highest BCUT2D eigenvalue weighted by molar-refractivity contribution is 5.98. The zero-order chi connectivity index (χ0) is 24.5. The Labute approximate surface area is 192 Å². The van der Waals surface area contributed by atoms with E-state index >= 15 is 0 Å². The van der Waals surface area contributed by atoms with Crippen molar-refractivity contribution < 1.29 is 33.3 Å². The summed E-state index contributed by atoms with van der Waals surface area (Å²) in [4.78, 5) is 37.5. The molecule has 1 heterocycles. The average molecular weight is 459 g/mol. The van der Waals surface area contributed by atoms with Crippen LogP contribution in [0.15, 0.2) is 52.4 Å². The van der Waals surface area contributed by atoms with Crippen LogP contribution >= 0.6 is 0 Å². The summed E-state index contributed by atoms with van der Waals surface area (Å²) < 4.78 is 20.8. The van der Waals surface area contributed by atoms with E-state index in [1.807, 2.05) is 13.8 Å². The van der Waals surface area contributed by atoms with Crippen molar-refractivity contribution in [3.63, 3.8) is 0 Å². The van der Waals surface area contributed by atoms with Gasteiger partial charge in [0.2, 0.25) is 0 Å². The summed E-state index contributed by atoms with van der Waals surface area (Å²) in [7, 11) is 0. The molecule has 10 nitrogen and oxygen atoms in total. The molecule has 178 valence electrons. The van der Waals surface area contributed by atoms with E-state index in [0.29, 0.717) is 11.3 Å². The van der Waals surface area contributed by atoms with Gasteiger partial charge in [-0.3, -0.25) is 4.79 Å². The fourth-order valence-corrected chi connectivity index (χ4v) is 4.04. The van der Waals surface area contributed by atoms with Crippen LogP contribution in [0.1, 0.15) is 46.5 Å². The standard InChI is InChI=1S/C23H29N3O7/c1-6-30-23(29)32-18-9-7-17(8-10-18)21-15(4)14(3)19(31-16(21)5)11-13(2)22(28)33-20(27)12-25-26-24/h11,16-18H,2-3,6-10,12H2,1,4-5H3/b19-11+/t16-,17?,18?/m0/s1. The normalized spacial score (nSPS) is 23.8. The third-order valence-corrected chi connectivity index (χ3v) is 5.60. The largest absolute Gasteiger partial charge is 0.508 e. The van der Waals surface area contributed by atoms with Gasteiger partial charge in [-0.05, 0) is 75.1 Å². The van der Waals surface area contributed by atoms with Gasteiger partial charge in [0.1, 0.15) is 24.5 Å². The maximum absolute atomic E-state index is 12.1. The van der Waals surface area contributed by atoms with Gasteiger partial charge in [0.05, 0.1) is 12.2 Å². The first-order chi connectivity index (χ1) is 15.7. The Hall–Kier alpha value is -3.52. The molecule has 0 radical (unpaired) electrons. The lowest BCUT2D eigenvalue weighted by molar-refractivity contribution is -0.155. The van der Waals surface area contributed by atoms with Gasteiger partial charge < -0.3 is 18.9 Å². The van der Waals surface area contributed by atoms with Crippen LogP contribution in [0.25, 0.3) is 10.4 Å². The van der Waals surface area contributed by atoms with Crippen molar-refractivity contribution in [2.24, 2.45) is 11.0 Å². The molecule has 33 heavy (non-hydrogen) atoms. The summed E-state index contributed by atoms with van der Waals surface area (Å²) in [5.74, 6) is -1.31.